The minimum Gasteiger partial charge on any atom is -0.118 e. The monoisotopic (exact) mass is 624 g/mol. The molecular weight excluding hydrogens is 596 g/mol. The molecule has 35 heavy (non-hydrogen) atoms. The molecule has 0 fully saturated rings. The largest absolute Gasteiger partial charge is 0.118 e. The highest BCUT2D eigenvalue weighted by Crippen LogP contribution is 2.48. The normalized spacial score (nSPS) is 22.5. The summed E-state index contributed by atoms with van der Waals surface area (Å²) in [7, 11) is 0. The van der Waals surface area contributed by atoms with E-state index in [1.807, 2.05) is 23.5 Å². The van der Waals surface area contributed by atoms with Crippen molar-refractivity contribution in [3.05, 3.63) is 64.2 Å². The Morgan fingerprint density at radius 2 is 1.06 bits per heavy atom. The van der Waals surface area contributed by atoms with Crippen molar-refractivity contribution in [1.82, 2.24) is 0 Å². The molecule has 0 spiro atoms. The second kappa shape index (κ2) is 8.03. The molecule has 2 aliphatic carbocycles. The van der Waals surface area contributed by atoms with E-state index in [9.17, 15) is 0 Å². The van der Waals surface area contributed by atoms with Crippen LogP contribution < -0.4 is 20.9 Å². The van der Waals surface area contributed by atoms with Gasteiger partial charge in [0.1, 0.15) is 0 Å². The zero-order chi connectivity index (χ0) is 25.1. The first-order valence-corrected chi connectivity index (χ1v) is 15.6. The highest BCUT2D eigenvalue weighted by molar-refractivity contribution is 9.10. The Hall–Kier alpha value is -0.940. The van der Waals surface area contributed by atoms with Gasteiger partial charge in [-0.1, -0.05) is 25.0 Å². The van der Waals surface area contributed by atoms with Gasteiger partial charge in [0.05, 0.1) is 0 Å². The van der Waals surface area contributed by atoms with E-state index in [0.717, 1.165) is 0 Å². The number of halogens is 2. The summed E-state index contributed by atoms with van der Waals surface area (Å²) in [5.74, 6) is 0. The van der Waals surface area contributed by atoms with Crippen LogP contribution in [0.2, 0.25) is 0 Å². The first kappa shape index (κ1) is 24.4. The molecule has 6 rings (SSSR count). The molecule has 2 aromatic rings. The summed E-state index contributed by atoms with van der Waals surface area (Å²) >= 11 is 12.0. The number of rotatable bonds is 2. The highest BCUT2D eigenvalue weighted by Gasteiger charge is 2.37. The van der Waals surface area contributed by atoms with Crippen molar-refractivity contribution >= 4 is 89.8 Å². The first-order chi connectivity index (χ1) is 16.4. The van der Waals surface area contributed by atoms with Crippen LogP contribution in [0, 0.1) is 5.41 Å². The molecule has 4 heteroatoms. The Kier molecular flexibility index (Phi) is 5.60. The fraction of sp³-hybridized carbons (Fsp3) is 0.355. The molecule has 2 aliphatic heterocycles. The van der Waals surface area contributed by atoms with Gasteiger partial charge in [0, 0.05) is 45.1 Å². The summed E-state index contributed by atoms with van der Waals surface area (Å²) in [6.45, 7) is 18.7. The van der Waals surface area contributed by atoms with Gasteiger partial charge in [0.25, 0.3) is 0 Å². The second-order valence-corrected chi connectivity index (χ2v) is 15.3. The highest BCUT2D eigenvalue weighted by atomic mass is 79.9. The van der Waals surface area contributed by atoms with E-state index in [1.54, 1.807) is 0 Å². The Morgan fingerprint density at radius 3 is 1.43 bits per heavy atom. The van der Waals surface area contributed by atoms with Crippen LogP contribution in [-0.2, 0) is 0 Å². The number of thioether (sulfide) groups is 2. The van der Waals surface area contributed by atoms with Gasteiger partial charge in [-0.3, -0.25) is 0 Å². The quantitative estimate of drug-likeness (QED) is 0.341. The molecule has 0 N–H and O–H groups in total. The smallest absolute Gasteiger partial charge is 0.0337 e. The van der Waals surface area contributed by atoms with Crippen LogP contribution in [0.3, 0.4) is 0 Å². The summed E-state index contributed by atoms with van der Waals surface area (Å²) in [4.78, 5) is 2.83. The topological polar surface area (TPSA) is 0 Å². The van der Waals surface area contributed by atoms with Gasteiger partial charge in [0.2, 0.25) is 0 Å². The molecule has 2 atom stereocenters. The van der Waals surface area contributed by atoms with Gasteiger partial charge in [-0.05, 0) is 142 Å². The minimum atomic E-state index is -0.125. The lowest BCUT2D eigenvalue weighted by Gasteiger charge is -2.31. The van der Waals surface area contributed by atoms with E-state index >= 15 is 0 Å². The van der Waals surface area contributed by atoms with E-state index in [1.165, 1.54) is 84.2 Å². The van der Waals surface area contributed by atoms with Gasteiger partial charge in [0.15, 0.2) is 0 Å². The molecular formula is C31H30Br2S2. The lowest BCUT2D eigenvalue weighted by Crippen LogP contribution is -2.28. The fourth-order valence-corrected chi connectivity index (χ4v) is 11.1. The number of hydrogen-bond acceptors (Lipinski definition) is 2. The van der Waals surface area contributed by atoms with E-state index in [4.69, 9.17) is 0 Å². The molecule has 0 saturated carbocycles. The maximum Gasteiger partial charge on any atom is 0.0337 e. The molecule has 0 radical (unpaired) electrons. The Labute approximate surface area is 233 Å². The van der Waals surface area contributed by atoms with Crippen LogP contribution in [0.1, 0.15) is 66.5 Å². The van der Waals surface area contributed by atoms with Crippen LogP contribution >= 0.6 is 55.4 Å². The maximum absolute atomic E-state index is 4.03. The first-order valence-electron chi connectivity index (χ1n) is 12.3. The van der Waals surface area contributed by atoms with Gasteiger partial charge in [-0.25, -0.2) is 0 Å². The molecule has 0 aromatic heterocycles. The van der Waals surface area contributed by atoms with Crippen molar-refractivity contribution in [3.8, 4) is 0 Å². The third kappa shape index (κ3) is 3.25. The van der Waals surface area contributed by atoms with Crippen molar-refractivity contribution < 1.29 is 0 Å². The summed E-state index contributed by atoms with van der Waals surface area (Å²) in [6, 6.07) is 4.95. The van der Waals surface area contributed by atoms with Crippen molar-refractivity contribution in [1.29, 1.82) is 0 Å². The Balaban J connectivity index is 1.67. The summed E-state index contributed by atoms with van der Waals surface area (Å²) in [6.07, 6.45) is 4.81. The van der Waals surface area contributed by atoms with Crippen molar-refractivity contribution in [3.63, 3.8) is 0 Å². The third-order valence-electron chi connectivity index (χ3n) is 8.45. The van der Waals surface area contributed by atoms with Crippen LogP contribution in [-0.4, -0.2) is 10.5 Å². The molecule has 0 saturated heterocycles. The SMILES string of the molecule is CC1=Cc2c(Br)c3c(cc2=C1C(C)(C)C1=c2cc4c(c(Br)c2C=C1C)=C(C)C(C)S4)SC(C)C=3C. The number of fused-ring (bicyclic) bond motifs is 4. The van der Waals surface area contributed by atoms with Crippen LogP contribution in [0.15, 0.2) is 42.0 Å². The van der Waals surface area contributed by atoms with E-state index in [-0.39, 0.29) is 5.41 Å². The van der Waals surface area contributed by atoms with Crippen molar-refractivity contribution in [2.24, 2.45) is 5.41 Å². The van der Waals surface area contributed by atoms with Crippen LogP contribution in [0.4, 0.5) is 0 Å². The van der Waals surface area contributed by atoms with E-state index < -0.39 is 0 Å². The third-order valence-corrected chi connectivity index (χ3v) is 12.7. The molecule has 0 bridgehead atoms. The van der Waals surface area contributed by atoms with E-state index in [0.29, 0.717) is 10.5 Å². The fourth-order valence-electron chi connectivity index (χ4n) is 6.65. The minimum absolute atomic E-state index is 0.125. The summed E-state index contributed by atoms with van der Waals surface area (Å²) in [5, 5.41) is 6.69. The predicted octanol–water partition coefficient (Wildman–Crippen LogP) is 7.40. The van der Waals surface area contributed by atoms with Gasteiger partial charge >= 0.3 is 0 Å². The predicted molar refractivity (Wildman–Crippen MR) is 163 cm³/mol. The molecule has 2 aromatic carbocycles. The Bertz CT molecular complexity index is 1570. The lowest BCUT2D eigenvalue weighted by atomic mass is 9.72. The average molecular weight is 627 g/mol. The molecule has 2 unspecified atom stereocenters. The molecule has 180 valence electrons. The molecule has 0 amide bonds. The van der Waals surface area contributed by atoms with Crippen LogP contribution in [0.25, 0.3) is 34.4 Å². The zero-order valence-electron chi connectivity index (χ0n) is 21.5. The van der Waals surface area contributed by atoms with Gasteiger partial charge < -0.3 is 0 Å². The average Bonchev–Trinajstić information content (AvgIpc) is 3.46. The van der Waals surface area contributed by atoms with Gasteiger partial charge in [-0.15, -0.1) is 23.5 Å². The standard InChI is InChI=1S/C31H30Br2S2/c1-13-9-21-19(11-23-25(29(21)32)15(3)17(5)34-23)27(13)31(7,8)28-14(2)10-22-20(28)12-24-26(30(22)33)16(4)18(6)35-24/h9-12,17-18H,1-8H3. The van der Waals surface area contributed by atoms with Crippen molar-refractivity contribution in [2.45, 2.75) is 75.7 Å². The second-order valence-electron chi connectivity index (χ2n) is 11.0. The number of hydrogen-bond donors (Lipinski definition) is 0. The Morgan fingerprint density at radius 1 is 0.686 bits per heavy atom. The maximum atomic E-state index is 4.03. The lowest BCUT2D eigenvalue weighted by molar-refractivity contribution is 0.665. The zero-order valence-corrected chi connectivity index (χ0v) is 26.3. The number of benzene rings is 2. The van der Waals surface area contributed by atoms with Crippen LogP contribution in [0.5, 0.6) is 0 Å². The molecule has 0 nitrogen and oxygen atoms in total. The van der Waals surface area contributed by atoms with Gasteiger partial charge in [-0.2, -0.15) is 0 Å². The summed E-state index contributed by atoms with van der Waals surface area (Å²) < 4.78 is 2.54. The number of allylic oxidation sites excluding steroid dienone is 2. The molecule has 4 aliphatic rings. The summed E-state index contributed by atoms with van der Waals surface area (Å²) in [5.41, 5.74) is 11.2. The molecule has 2 heterocycles. The van der Waals surface area contributed by atoms with E-state index in [2.05, 4.69) is 112 Å². The van der Waals surface area contributed by atoms with Crippen molar-refractivity contribution in [2.75, 3.05) is 0 Å².